The molecular formula is C16H15N3O3S2. The number of hydrogen-bond donors (Lipinski definition) is 2. The Labute approximate surface area is 146 Å². The smallest absolute Gasteiger partial charge is 0.287 e. The normalized spacial score (nSPS) is 10.5. The molecule has 6 nitrogen and oxygen atoms in total. The maximum Gasteiger partial charge on any atom is 0.287 e. The Balaban J connectivity index is 1.51. The zero-order valence-electron chi connectivity index (χ0n) is 12.9. The maximum atomic E-state index is 12.3. The molecule has 0 unspecified atom stereocenters. The van der Waals surface area contributed by atoms with Gasteiger partial charge in [0.25, 0.3) is 11.8 Å². The van der Waals surface area contributed by atoms with Crippen molar-refractivity contribution < 1.29 is 14.0 Å². The van der Waals surface area contributed by atoms with Crippen LogP contribution in [0.25, 0.3) is 10.6 Å². The first-order valence-electron chi connectivity index (χ1n) is 7.25. The monoisotopic (exact) mass is 361 g/mol. The quantitative estimate of drug-likeness (QED) is 0.661. The zero-order chi connectivity index (χ0) is 16.9. The molecule has 124 valence electrons. The molecule has 3 aromatic rings. The van der Waals surface area contributed by atoms with E-state index in [9.17, 15) is 9.59 Å². The summed E-state index contributed by atoms with van der Waals surface area (Å²) in [6.07, 6.45) is 1.44. The van der Waals surface area contributed by atoms with Crippen LogP contribution in [-0.4, -0.2) is 29.9 Å². The SMILES string of the molecule is Cc1nc(-c2ccsc2)sc1C(=O)NCCNC(=O)c1ccco1. The van der Waals surface area contributed by atoms with Gasteiger partial charge in [0.2, 0.25) is 0 Å². The number of carbonyl (C=O) groups excluding carboxylic acids is 2. The van der Waals surface area contributed by atoms with Gasteiger partial charge in [-0.15, -0.1) is 11.3 Å². The molecule has 2 N–H and O–H groups in total. The lowest BCUT2D eigenvalue weighted by Crippen LogP contribution is -2.34. The van der Waals surface area contributed by atoms with E-state index < -0.39 is 0 Å². The molecule has 0 fully saturated rings. The summed E-state index contributed by atoms with van der Waals surface area (Å²) >= 11 is 2.96. The second kappa shape index (κ2) is 7.41. The number of carbonyl (C=O) groups is 2. The summed E-state index contributed by atoms with van der Waals surface area (Å²) in [5.41, 5.74) is 1.73. The van der Waals surface area contributed by atoms with Crippen LogP contribution in [0.2, 0.25) is 0 Å². The van der Waals surface area contributed by atoms with Gasteiger partial charge in [0.15, 0.2) is 5.76 Å². The second-order valence-electron chi connectivity index (χ2n) is 4.93. The molecular weight excluding hydrogens is 346 g/mol. The Hall–Kier alpha value is -2.45. The molecule has 2 amide bonds. The highest BCUT2D eigenvalue weighted by molar-refractivity contribution is 7.17. The van der Waals surface area contributed by atoms with Gasteiger partial charge in [-0.05, 0) is 30.5 Å². The number of rotatable bonds is 6. The molecule has 0 aliphatic rings. The average Bonchev–Trinajstić information content (AvgIpc) is 3.31. The standard InChI is InChI=1S/C16H15N3O3S2/c1-10-13(24-16(19-10)11-4-8-23-9-11)15(21)18-6-5-17-14(20)12-3-2-7-22-12/h2-4,7-9H,5-6H2,1H3,(H,17,20)(H,18,21). The van der Waals surface area contributed by atoms with Crippen LogP contribution in [-0.2, 0) is 0 Å². The first-order valence-corrected chi connectivity index (χ1v) is 9.01. The lowest BCUT2D eigenvalue weighted by Gasteiger charge is -2.05. The molecule has 8 heteroatoms. The van der Waals surface area contributed by atoms with Crippen molar-refractivity contribution in [3.63, 3.8) is 0 Å². The van der Waals surface area contributed by atoms with Crippen molar-refractivity contribution in [3.05, 3.63) is 51.6 Å². The molecule has 0 saturated carbocycles. The van der Waals surface area contributed by atoms with E-state index in [0.717, 1.165) is 10.6 Å². The lowest BCUT2D eigenvalue weighted by atomic mass is 10.3. The summed E-state index contributed by atoms with van der Waals surface area (Å²) in [6, 6.07) is 5.21. The molecule has 0 aromatic carbocycles. The first-order chi connectivity index (χ1) is 11.6. The first kappa shape index (κ1) is 16.4. The third-order valence-corrected chi connectivity index (χ3v) is 5.10. The van der Waals surface area contributed by atoms with Crippen molar-refractivity contribution in [2.24, 2.45) is 0 Å². The summed E-state index contributed by atoms with van der Waals surface area (Å²) in [4.78, 5) is 29.0. The van der Waals surface area contributed by atoms with Gasteiger partial charge in [0, 0.05) is 24.0 Å². The molecule has 0 spiro atoms. The van der Waals surface area contributed by atoms with Crippen molar-refractivity contribution in [2.45, 2.75) is 6.92 Å². The molecule has 24 heavy (non-hydrogen) atoms. The van der Waals surface area contributed by atoms with Crippen molar-refractivity contribution in [3.8, 4) is 10.6 Å². The summed E-state index contributed by atoms with van der Waals surface area (Å²) < 4.78 is 4.99. The van der Waals surface area contributed by atoms with Crippen LogP contribution in [0.3, 0.4) is 0 Å². The van der Waals surface area contributed by atoms with Crippen molar-refractivity contribution in [1.29, 1.82) is 0 Å². The highest BCUT2D eigenvalue weighted by atomic mass is 32.1. The average molecular weight is 361 g/mol. The number of thiophene rings is 1. The summed E-state index contributed by atoms with van der Waals surface area (Å²) in [5.74, 6) is -0.235. The number of thiazole rings is 1. The molecule has 0 atom stereocenters. The zero-order valence-corrected chi connectivity index (χ0v) is 14.5. The van der Waals surface area contributed by atoms with Crippen LogP contribution in [0.1, 0.15) is 25.9 Å². The van der Waals surface area contributed by atoms with Gasteiger partial charge in [-0.2, -0.15) is 11.3 Å². The lowest BCUT2D eigenvalue weighted by molar-refractivity contribution is 0.0911. The molecule has 0 bridgehead atoms. The van der Waals surface area contributed by atoms with E-state index in [-0.39, 0.29) is 17.6 Å². The van der Waals surface area contributed by atoms with Crippen molar-refractivity contribution in [2.75, 3.05) is 13.1 Å². The minimum atomic E-state index is -0.303. The van der Waals surface area contributed by atoms with Crippen LogP contribution in [0.4, 0.5) is 0 Å². The summed E-state index contributed by atoms with van der Waals surface area (Å²) in [6.45, 7) is 2.47. The van der Waals surface area contributed by atoms with E-state index in [2.05, 4.69) is 15.6 Å². The summed E-state index contributed by atoms with van der Waals surface area (Å²) in [7, 11) is 0. The highest BCUT2D eigenvalue weighted by Gasteiger charge is 2.16. The third kappa shape index (κ3) is 3.72. The van der Waals surface area contributed by atoms with Crippen LogP contribution >= 0.6 is 22.7 Å². The van der Waals surface area contributed by atoms with E-state index in [0.29, 0.717) is 23.7 Å². The number of furan rings is 1. The number of aryl methyl sites for hydroxylation is 1. The van der Waals surface area contributed by atoms with E-state index >= 15 is 0 Å². The molecule has 0 aliphatic heterocycles. The number of amides is 2. The predicted octanol–water partition coefficient (Wildman–Crippen LogP) is 2.93. The van der Waals surface area contributed by atoms with Gasteiger partial charge in [-0.3, -0.25) is 9.59 Å². The van der Waals surface area contributed by atoms with Crippen LogP contribution in [0.5, 0.6) is 0 Å². The van der Waals surface area contributed by atoms with E-state index in [1.807, 2.05) is 23.8 Å². The fraction of sp³-hybridized carbons (Fsp3) is 0.188. The molecule has 0 saturated heterocycles. The number of nitrogens with zero attached hydrogens (tertiary/aromatic N) is 1. The fourth-order valence-corrected chi connectivity index (χ4v) is 3.74. The van der Waals surface area contributed by atoms with E-state index in [1.54, 1.807) is 23.5 Å². The second-order valence-corrected chi connectivity index (χ2v) is 6.71. The third-order valence-electron chi connectivity index (χ3n) is 3.21. The Bertz CT molecular complexity index is 823. The van der Waals surface area contributed by atoms with Crippen LogP contribution in [0.15, 0.2) is 39.6 Å². The van der Waals surface area contributed by atoms with Gasteiger partial charge in [0.1, 0.15) is 9.88 Å². The van der Waals surface area contributed by atoms with Crippen molar-refractivity contribution in [1.82, 2.24) is 15.6 Å². The molecule has 0 aliphatic carbocycles. The summed E-state index contributed by atoms with van der Waals surface area (Å²) in [5, 5.41) is 10.3. The predicted molar refractivity (Wildman–Crippen MR) is 93.5 cm³/mol. The van der Waals surface area contributed by atoms with E-state index in [1.165, 1.54) is 17.6 Å². The van der Waals surface area contributed by atoms with Crippen LogP contribution < -0.4 is 10.6 Å². The largest absolute Gasteiger partial charge is 0.459 e. The van der Waals surface area contributed by atoms with Crippen LogP contribution in [0, 0.1) is 6.92 Å². The Kier molecular flexibility index (Phi) is 5.07. The van der Waals surface area contributed by atoms with Gasteiger partial charge >= 0.3 is 0 Å². The Morgan fingerprint density at radius 1 is 1.21 bits per heavy atom. The van der Waals surface area contributed by atoms with Crippen molar-refractivity contribution >= 4 is 34.5 Å². The number of nitrogens with one attached hydrogen (secondary N) is 2. The molecule has 3 aromatic heterocycles. The van der Waals surface area contributed by atoms with Gasteiger partial charge in [-0.1, -0.05) is 0 Å². The fourth-order valence-electron chi connectivity index (χ4n) is 2.04. The van der Waals surface area contributed by atoms with Gasteiger partial charge < -0.3 is 15.1 Å². The maximum absolute atomic E-state index is 12.3. The molecule has 0 radical (unpaired) electrons. The Morgan fingerprint density at radius 3 is 2.67 bits per heavy atom. The topological polar surface area (TPSA) is 84.2 Å². The van der Waals surface area contributed by atoms with Gasteiger partial charge in [-0.25, -0.2) is 4.98 Å². The van der Waals surface area contributed by atoms with Gasteiger partial charge in [0.05, 0.1) is 12.0 Å². The number of aromatic nitrogens is 1. The number of hydrogen-bond acceptors (Lipinski definition) is 6. The van der Waals surface area contributed by atoms with E-state index in [4.69, 9.17) is 4.42 Å². The Morgan fingerprint density at radius 2 is 2.00 bits per heavy atom. The molecule has 3 heterocycles. The minimum Gasteiger partial charge on any atom is -0.459 e. The highest BCUT2D eigenvalue weighted by Crippen LogP contribution is 2.29. The molecule has 3 rings (SSSR count). The minimum absolute atomic E-state index is 0.182.